The van der Waals surface area contributed by atoms with Crippen LogP contribution in [0.4, 0.5) is 0 Å². The summed E-state index contributed by atoms with van der Waals surface area (Å²) in [7, 11) is 0. The van der Waals surface area contributed by atoms with E-state index in [1.54, 1.807) is 11.3 Å². The molecule has 0 atom stereocenters. The summed E-state index contributed by atoms with van der Waals surface area (Å²) in [6.45, 7) is 0. The molecule has 120 valence electrons. The van der Waals surface area contributed by atoms with Crippen LogP contribution in [0.5, 0.6) is 0 Å². The van der Waals surface area contributed by atoms with E-state index in [1.807, 2.05) is 29.6 Å². The molecule has 3 aromatic heterocycles. The first-order chi connectivity index (χ1) is 12.3. The van der Waals surface area contributed by atoms with Crippen LogP contribution in [0.3, 0.4) is 0 Å². The Bertz CT molecular complexity index is 1210. The van der Waals surface area contributed by atoms with Crippen LogP contribution in [-0.2, 0) is 0 Å². The van der Waals surface area contributed by atoms with E-state index in [1.165, 1.54) is 11.7 Å². The van der Waals surface area contributed by atoms with Gasteiger partial charge >= 0.3 is 0 Å². The number of nitrogens with zero attached hydrogens (tertiary/aromatic N) is 4. The van der Waals surface area contributed by atoms with Gasteiger partial charge in [0.05, 0.1) is 10.6 Å². The van der Waals surface area contributed by atoms with Crippen LogP contribution in [0.1, 0.15) is 0 Å². The van der Waals surface area contributed by atoms with Crippen molar-refractivity contribution in [3.8, 4) is 16.4 Å². The highest BCUT2D eigenvalue weighted by Crippen LogP contribution is 2.34. The molecule has 5 aromatic rings. The first-order valence-corrected chi connectivity index (χ1v) is 8.99. The number of aromatic nitrogens is 4. The van der Waals surface area contributed by atoms with Gasteiger partial charge in [0.15, 0.2) is 16.6 Å². The highest BCUT2D eigenvalue weighted by molar-refractivity contribution is 7.13. The minimum atomic E-state index is 0.363. The average Bonchev–Trinajstić information content (AvgIpc) is 3.29. The number of hydrogen-bond donors (Lipinski definition) is 0. The predicted octanol–water partition coefficient (Wildman–Crippen LogP) is 5.35. The maximum atomic E-state index is 6.29. The van der Waals surface area contributed by atoms with Gasteiger partial charge in [0.2, 0.25) is 0 Å². The average molecular weight is 363 g/mol. The summed E-state index contributed by atoms with van der Waals surface area (Å²) in [5.41, 5.74) is 2.35. The minimum Gasteiger partial charge on any atom is -0.275 e. The fourth-order valence-electron chi connectivity index (χ4n) is 3.07. The number of imidazole rings is 1. The Morgan fingerprint density at radius 3 is 2.68 bits per heavy atom. The van der Waals surface area contributed by atoms with E-state index in [4.69, 9.17) is 16.6 Å². The highest BCUT2D eigenvalue weighted by Gasteiger charge is 2.19. The normalized spacial score (nSPS) is 11.4. The number of halogens is 1. The molecule has 0 unspecified atom stereocenters. The molecular weight excluding hydrogens is 352 g/mol. The molecule has 6 heteroatoms. The Morgan fingerprint density at radius 2 is 1.80 bits per heavy atom. The van der Waals surface area contributed by atoms with Gasteiger partial charge in [0.1, 0.15) is 11.8 Å². The maximum Gasteiger partial charge on any atom is 0.169 e. The lowest BCUT2D eigenvalue weighted by atomic mass is 10.1. The molecule has 0 N–H and O–H groups in total. The van der Waals surface area contributed by atoms with Gasteiger partial charge in [0, 0.05) is 5.39 Å². The third kappa shape index (κ3) is 2.24. The topological polar surface area (TPSA) is 43.6 Å². The smallest absolute Gasteiger partial charge is 0.169 e. The van der Waals surface area contributed by atoms with Crippen LogP contribution >= 0.6 is 22.9 Å². The lowest BCUT2D eigenvalue weighted by Gasteiger charge is -2.11. The van der Waals surface area contributed by atoms with Gasteiger partial charge in [-0.2, -0.15) is 0 Å². The van der Waals surface area contributed by atoms with Crippen molar-refractivity contribution in [2.45, 2.75) is 0 Å². The van der Waals surface area contributed by atoms with E-state index >= 15 is 0 Å². The molecule has 5 rings (SSSR count). The van der Waals surface area contributed by atoms with Crippen molar-refractivity contribution in [3.05, 3.63) is 71.5 Å². The summed E-state index contributed by atoms with van der Waals surface area (Å²) in [5.74, 6) is 0.823. The summed E-state index contributed by atoms with van der Waals surface area (Å²) >= 11 is 7.92. The minimum absolute atomic E-state index is 0.363. The number of fused-ring (bicyclic) bond motifs is 2. The van der Waals surface area contributed by atoms with E-state index in [0.717, 1.165) is 21.8 Å². The van der Waals surface area contributed by atoms with Crippen LogP contribution in [0.25, 0.3) is 38.3 Å². The molecule has 0 spiro atoms. The first kappa shape index (κ1) is 14.6. The quantitative estimate of drug-likeness (QED) is 0.397. The van der Waals surface area contributed by atoms with E-state index in [0.29, 0.717) is 16.3 Å². The molecule has 0 bridgehead atoms. The molecule has 0 aliphatic carbocycles. The summed E-state index contributed by atoms with van der Waals surface area (Å²) < 4.78 is 2.07. The Balaban J connectivity index is 1.95. The first-order valence-electron chi connectivity index (χ1n) is 7.74. The van der Waals surface area contributed by atoms with Crippen molar-refractivity contribution in [3.63, 3.8) is 0 Å². The van der Waals surface area contributed by atoms with Gasteiger partial charge in [-0.1, -0.05) is 54.1 Å². The van der Waals surface area contributed by atoms with Crippen LogP contribution in [0.15, 0.2) is 66.3 Å². The Kier molecular flexibility index (Phi) is 3.29. The standard InChI is InChI=1S/C19H11ClN4S/c20-17-16-19(22-11-21-17)24(18(23-16)15-9-4-10-25-15)14-8-3-6-12-5-1-2-7-13(12)14/h1-11H. The molecule has 0 aliphatic rings. The van der Waals surface area contributed by atoms with Crippen molar-refractivity contribution in [1.29, 1.82) is 0 Å². The molecule has 0 fully saturated rings. The molecule has 0 radical (unpaired) electrons. The van der Waals surface area contributed by atoms with E-state index in [9.17, 15) is 0 Å². The van der Waals surface area contributed by atoms with Gasteiger partial charge in [-0.3, -0.25) is 4.57 Å². The largest absolute Gasteiger partial charge is 0.275 e. The SMILES string of the molecule is Clc1ncnc2c1nc(-c1cccs1)n2-c1cccc2ccccc12. The van der Waals surface area contributed by atoms with Crippen molar-refractivity contribution in [1.82, 2.24) is 19.5 Å². The zero-order valence-electron chi connectivity index (χ0n) is 12.9. The number of benzene rings is 2. The van der Waals surface area contributed by atoms with Gasteiger partial charge in [-0.05, 0) is 22.9 Å². The fraction of sp³-hybridized carbons (Fsp3) is 0. The third-order valence-corrected chi connectivity index (χ3v) is 5.29. The Hall–Kier alpha value is -2.76. The van der Waals surface area contributed by atoms with Gasteiger partial charge < -0.3 is 0 Å². The molecular formula is C19H11ClN4S. The molecule has 0 saturated carbocycles. The summed E-state index contributed by atoms with van der Waals surface area (Å²) in [4.78, 5) is 14.4. The lowest BCUT2D eigenvalue weighted by Crippen LogP contribution is -1.99. The zero-order valence-corrected chi connectivity index (χ0v) is 14.5. The molecule has 0 aliphatic heterocycles. The van der Waals surface area contributed by atoms with E-state index in [2.05, 4.69) is 44.9 Å². The number of rotatable bonds is 2. The number of thiophene rings is 1. The molecule has 2 aromatic carbocycles. The fourth-order valence-corrected chi connectivity index (χ4v) is 3.94. The van der Waals surface area contributed by atoms with Crippen molar-refractivity contribution < 1.29 is 0 Å². The second-order valence-electron chi connectivity index (χ2n) is 5.58. The maximum absolute atomic E-state index is 6.29. The number of hydrogen-bond acceptors (Lipinski definition) is 4. The van der Waals surface area contributed by atoms with Crippen LogP contribution in [0.2, 0.25) is 5.15 Å². The predicted molar refractivity (Wildman–Crippen MR) is 102 cm³/mol. The van der Waals surface area contributed by atoms with Crippen LogP contribution in [-0.4, -0.2) is 19.5 Å². The molecule has 0 amide bonds. The van der Waals surface area contributed by atoms with Crippen molar-refractivity contribution >= 4 is 44.9 Å². The monoisotopic (exact) mass is 362 g/mol. The summed E-state index contributed by atoms with van der Waals surface area (Å²) in [6.07, 6.45) is 1.48. The molecule has 0 saturated heterocycles. The van der Waals surface area contributed by atoms with Crippen molar-refractivity contribution in [2.24, 2.45) is 0 Å². The second kappa shape index (κ2) is 5.65. The second-order valence-corrected chi connectivity index (χ2v) is 6.89. The van der Waals surface area contributed by atoms with Crippen LogP contribution < -0.4 is 0 Å². The van der Waals surface area contributed by atoms with Gasteiger partial charge in [-0.25, -0.2) is 15.0 Å². The van der Waals surface area contributed by atoms with Crippen LogP contribution in [0, 0.1) is 0 Å². The van der Waals surface area contributed by atoms with Gasteiger partial charge in [-0.15, -0.1) is 11.3 Å². The van der Waals surface area contributed by atoms with Gasteiger partial charge in [0.25, 0.3) is 0 Å². The van der Waals surface area contributed by atoms with Crippen molar-refractivity contribution in [2.75, 3.05) is 0 Å². The Labute approximate surface area is 152 Å². The zero-order chi connectivity index (χ0) is 16.8. The molecule has 3 heterocycles. The third-order valence-electron chi connectivity index (χ3n) is 4.15. The summed E-state index contributed by atoms with van der Waals surface area (Å²) in [5, 5.41) is 4.70. The van der Waals surface area contributed by atoms with E-state index in [-0.39, 0.29) is 0 Å². The Morgan fingerprint density at radius 1 is 0.920 bits per heavy atom. The lowest BCUT2D eigenvalue weighted by molar-refractivity contribution is 1.08. The van der Waals surface area contributed by atoms with E-state index < -0.39 is 0 Å². The molecule has 4 nitrogen and oxygen atoms in total. The summed E-state index contributed by atoms with van der Waals surface area (Å²) in [6, 6.07) is 18.6. The molecule has 25 heavy (non-hydrogen) atoms. The highest BCUT2D eigenvalue weighted by atomic mass is 35.5.